The van der Waals surface area contributed by atoms with E-state index in [1.54, 1.807) is 31.4 Å². The molecular formula is C16H16BrNO3. The molecule has 0 aliphatic rings. The predicted molar refractivity (Wildman–Crippen MR) is 84.4 cm³/mol. The molecule has 2 N–H and O–H groups in total. The molecule has 0 saturated heterocycles. The van der Waals surface area contributed by atoms with Crippen LogP contribution < -0.4 is 10.1 Å². The lowest BCUT2D eigenvalue weighted by molar-refractivity contribution is 0.0916. The molecule has 0 saturated carbocycles. The Kier molecular flexibility index (Phi) is 5.36. The Bertz CT molecular complexity index is 630. The number of methoxy groups -OCH3 is 1. The first-order chi connectivity index (χ1) is 10.1. The minimum absolute atomic E-state index is 0.188. The van der Waals surface area contributed by atoms with Gasteiger partial charge in [-0.05, 0) is 35.9 Å². The lowest BCUT2D eigenvalue weighted by atomic mass is 10.1. The van der Waals surface area contributed by atoms with Gasteiger partial charge in [0.1, 0.15) is 5.75 Å². The number of benzene rings is 2. The highest BCUT2D eigenvalue weighted by Crippen LogP contribution is 2.20. The van der Waals surface area contributed by atoms with Crippen LogP contribution in [0, 0.1) is 0 Å². The molecule has 1 unspecified atom stereocenters. The van der Waals surface area contributed by atoms with Gasteiger partial charge in [0.2, 0.25) is 0 Å². The highest BCUT2D eigenvalue weighted by molar-refractivity contribution is 9.10. The quantitative estimate of drug-likeness (QED) is 0.872. The van der Waals surface area contributed by atoms with E-state index in [1.807, 2.05) is 24.3 Å². The average molecular weight is 350 g/mol. The smallest absolute Gasteiger partial charge is 0.251 e. The summed E-state index contributed by atoms with van der Waals surface area (Å²) in [6.45, 7) is -0.188. The molecule has 21 heavy (non-hydrogen) atoms. The molecule has 0 heterocycles. The fourth-order valence-electron chi connectivity index (χ4n) is 1.96. The van der Waals surface area contributed by atoms with Crippen LogP contribution in [0.3, 0.4) is 0 Å². The maximum Gasteiger partial charge on any atom is 0.251 e. The van der Waals surface area contributed by atoms with E-state index < -0.39 is 6.04 Å². The zero-order valence-corrected chi connectivity index (χ0v) is 13.1. The van der Waals surface area contributed by atoms with Crippen molar-refractivity contribution in [3.05, 3.63) is 64.1 Å². The Labute approximate surface area is 131 Å². The summed E-state index contributed by atoms with van der Waals surface area (Å²) in [5, 5.41) is 12.3. The Balaban J connectivity index is 2.16. The van der Waals surface area contributed by atoms with Crippen LogP contribution in [0.15, 0.2) is 53.0 Å². The standard InChI is InChI=1S/C16H16BrNO3/c1-21-14-7-3-4-11(9-14)15(10-19)18-16(20)12-5-2-6-13(17)8-12/h2-9,15,19H,10H2,1H3,(H,18,20). The van der Waals surface area contributed by atoms with Crippen LogP contribution in [0.5, 0.6) is 5.75 Å². The molecule has 4 nitrogen and oxygen atoms in total. The number of ether oxygens (including phenoxy) is 1. The molecular weight excluding hydrogens is 334 g/mol. The van der Waals surface area contributed by atoms with Crippen molar-refractivity contribution in [2.24, 2.45) is 0 Å². The van der Waals surface area contributed by atoms with Crippen molar-refractivity contribution in [3.8, 4) is 5.75 Å². The summed E-state index contributed by atoms with van der Waals surface area (Å²) >= 11 is 3.33. The van der Waals surface area contributed by atoms with Gasteiger partial charge < -0.3 is 15.2 Å². The second-order valence-corrected chi connectivity index (χ2v) is 5.41. The van der Waals surface area contributed by atoms with Gasteiger partial charge >= 0.3 is 0 Å². The van der Waals surface area contributed by atoms with Gasteiger partial charge in [0.05, 0.1) is 19.8 Å². The van der Waals surface area contributed by atoms with Crippen LogP contribution in [-0.4, -0.2) is 24.7 Å². The minimum Gasteiger partial charge on any atom is -0.497 e. The number of hydrogen-bond acceptors (Lipinski definition) is 3. The van der Waals surface area contributed by atoms with Gasteiger partial charge in [-0.15, -0.1) is 0 Å². The molecule has 0 aliphatic carbocycles. The number of carbonyl (C=O) groups excluding carboxylic acids is 1. The molecule has 0 fully saturated rings. The summed E-state index contributed by atoms with van der Waals surface area (Å²) in [7, 11) is 1.58. The van der Waals surface area contributed by atoms with Crippen LogP contribution in [0.2, 0.25) is 0 Å². The molecule has 1 atom stereocenters. The third-order valence-corrected chi connectivity index (χ3v) is 3.56. The second kappa shape index (κ2) is 7.24. The number of nitrogens with one attached hydrogen (secondary N) is 1. The maximum atomic E-state index is 12.2. The molecule has 0 bridgehead atoms. The van der Waals surface area contributed by atoms with Gasteiger partial charge in [-0.25, -0.2) is 0 Å². The molecule has 2 aromatic carbocycles. The second-order valence-electron chi connectivity index (χ2n) is 4.50. The summed E-state index contributed by atoms with van der Waals surface area (Å²) in [5.41, 5.74) is 1.32. The minimum atomic E-state index is -0.480. The van der Waals surface area contributed by atoms with E-state index in [-0.39, 0.29) is 12.5 Å². The summed E-state index contributed by atoms with van der Waals surface area (Å²) in [5.74, 6) is 0.445. The molecule has 0 aliphatic heterocycles. The summed E-state index contributed by atoms with van der Waals surface area (Å²) in [6.07, 6.45) is 0. The molecule has 0 aromatic heterocycles. The van der Waals surface area contributed by atoms with Crippen molar-refractivity contribution < 1.29 is 14.6 Å². The lowest BCUT2D eigenvalue weighted by Gasteiger charge is -2.17. The van der Waals surface area contributed by atoms with Gasteiger partial charge in [0, 0.05) is 10.0 Å². The normalized spacial score (nSPS) is 11.8. The topological polar surface area (TPSA) is 58.6 Å². The van der Waals surface area contributed by atoms with Crippen molar-refractivity contribution >= 4 is 21.8 Å². The molecule has 0 radical (unpaired) electrons. The van der Waals surface area contributed by atoms with Crippen LogP contribution in [-0.2, 0) is 0 Å². The average Bonchev–Trinajstić information content (AvgIpc) is 2.52. The predicted octanol–water partition coefficient (Wildman–Crippen LogP) is 2.92. The SMILES string of the molecule is COc1cccc(C(CO)NC(=O)c2cccc(Br)c2)c1. The molecule has 110 valence electrons. The van der Waals surface area contributed by atoms with Crippen LogP contribution in [0.25, 0.3) is 0 Å². The Morgan fingerprint density at radius 2 is 2.05 bits per heavy atom. The molecule has 2 aromatic rings. The lowest BCUT2D eigenvalue weighted by Crippen LogP contribution is -2.30. The van der Waals surface area contributed by atoms with Gasteiger partial charge in [-0.3, -0.25) is 4.79 Å². The van der Waals surface area contributed by atoms with Crippen molar-refractivity contribution in [3.63, 3.8) is 0 Å². The first kappa shape index (κ1) is 15.5. The number of halogens is 1. The van der Waals surface area contributed by atoms with Gasteiger partial charge in [0.15, 0.2) is 0 Å². The van der Waals surface area contributed by atoms with Gasteiger partial charge in [-0.1, -0.05) is 34.1 Å². The number of aliphatic hydroxyl groups is 1. The fraction of sp³-hybridized carbons (Fsp3) is 0.188. The van der Waals surface area contributed by atoms with Gasteiger partial charge in [-0.2, -0.15) is 0 Å². The van der Waals surface area contributed by atoms with Crippen molar-refractivity contribution in [1.82, 2.24) is 5.32 Å². The first-order valence-corrected chi connectivity index (χ1v) is 7.24. The van der Waals surface area contributed by atoms with Crippen molar-refractivity contribution in [2.45, 2.75) is 6.04 Å². The maximum absolute atomic E-state index is 12.2. The van der Waals surface area contributed by atoms with Crippen molar-refractivity contribution in [2.75, 3.05) is 13.7 Å². The number of aliphatic hydroxyl groups excluding tert-OH is 1. The third-order valence-electron chi connectivity index (χ3n) is 3.07. The zero-order valence-electron chi connectivity index (χ0n) is 11.5. The Hall–Kier alpha value is -1.85. The van der Waals surface area contributed by atoms with E-state index in [2.05, 4.69) is 21.2 Å². The van der Waals surface area contributed by atoms with E-state index in [4.69, 9.17) is 4.74 Å². The van der Waals surface area contributed by atoms with Crippen LogP contribution in [0.4, 0.5) is 0 Å². The number of carbonyl (C=O) groups is 1. The largest absolute Gasteiger partial charge is 0.497 e. The molecule has 2 rings (SSSR count). The van der Waals surface area contributed by atoms with E-state index >= 15 is 0 Å². The Morgan fingerprint density at radius 3 is 2.71 bits per heavy atom. The summed E-state index contributed by atoms with van der Waals surface area (Å²) < 4.78 is 5.98. The zero-order chi connectivity index (χ0) is 15.2. The van der Waals surface area contributed by atoms with E-state index in [9.17, 15) is 9.90 Å². The Morgan fingerprint density at radius 1 is 1.29 bits per heavy atom. The number of hydrogen-bond donors (Lipinski definition) is 2. The highest BCUT2D eigenvalue weighted by atomic mass is 79.9. The first-order valence-electron chi connectivity index (χ1n) is 6.45. The summed E-state index contributed by atoms with van der Waals surface area (Å²) in [6, 6.07) is 13.9. The molecule has 1 amide bonds. The number of rotatable bonds is 5. The van der Waals surface area contributed by atoms with E-state index in [0.29, 0.717) is 11.3 Å². The van der Waals surface area contributed by atoms with Crippen LogP contribution in [0.1, 0.15) is 22.0 Å². The molecule has 5 heteroatoms. The fourth-order valence-corrected chi connectivity index (χ4v) is 2.36. The van der Waals surface area contributed by atoms with Crippen molar-refractivity contribution in [1.29, 1.82) is 0 Å². The van der Waals surface area contributed by atoms with Crippen LogP contribution >= 0.6 is 15.9 Å². The molecule has 0 spiro atoms. The summed E-state index contributed by atoms with van der Waals surface area (Å²) in [4.78, 5) is 12.2. The monoisotopic (exact) mass is 349 g/mol. The van der Waals surface area contributed by atoms with E-state index in [1.165, 1.54) is 0 Å². The highest BCUT2D eigenvalue weighted by Gasteiger charge is 2.15. The third kappa shape index (κ3) is 4.06. The van der Waals surface area contributed by atoms with Gasteiger partial charge in [0.25, 0.3) is 5.91 Å². The number of amides is 1. The van der Waals surface area contributed by atoms with E-state index in [0.717, 1.165) is 10.0 Å².